The van der Waals surface area contributed by atoms with Gasteiger partial charge in [0.2, 0.25) is 5.69 Å². The van der Waals surface area contributed by atoms with Crippen molar-refractivity contribution in [2.75, 3.05) is 0 Å². The van der Waals surface area contributed by atoms with E-state index in [0.29, 0.717) is 5.69 Å². The average Bonchev–Trinajstić information content (AvgIpc) is 2.88. The van der Waals surface area contributed by atoms with Crippen molar-refractivity contribution in [3.8, 4) is 22.4 Å². The van der Waals surface area contributed by atoms with Gasteiger partial charge in [-0.05, 0) is 42.2 Å². The molecular weight excluding hydrogens is 292 g/mol. The van der Waals surface area contributed by atoms with Gasteiger partial charge in [-0.3, -0.25) is 4.98 Å². The van der Waals surface area contributed by atoms with Crippen molar-refractivity contribution in [2.45, 2.75) is 33.0 Å². The Morgan fingerprint density at radius 3 is 2.75 bits per heavy atom. The number of hydrogen-bond acceptors (Lipinski definition) is 1. The van der Waals surface area contributed by atoms with Crippen molar-refractivity contribution in [2.24, 2.45) is 7.05 Å². The van der Waals surface area contributed by atoms with Crippen LogP contribution < -0.4 is 4.57 Å². The number of hydrogen-bond donors (Lipinski definition) is 0. The fourth-order valence-electron chi connectivity index (χ4n) is 3.84. The number of benzene rings is 1. The van der Waals surface area contributed by atoms with Crippen LogP contribution in [0, 0.1) is 13.8 Å². The number of fused-ring (bicyclic) bond motifs is 3. The quantitative estimate of drug-likeness (QED) is 0.604. The molecule has 0 bridgehead atoms. The Kier molecular flexibility index (Phi) is 2.50. The fourth-order valence-corrected chi connectivity index (χ4v) is 3.84. The molecule has 2 heteroatoms. The Morgan fingerprint density at radius 1 is 1.12 bits per heavy atom. The molecule has 0 amide bonds. The molecule has 4 rings (SSSR count). The summed E-state index contributed by atoms with van der Waals surface area (Å²) >= 11 is 0. The first kappa shape index (κ1) is 12.0. The average molecular weight is 318 g/mol. The second-order valence-corrected chi connectivity index (χ2v) is 6.90. The first-order valence-corrected chi connectivity index (χ1v) is 8.23. The van der Waals surface area contributed by atoms with Gasteiger partial charge >= 0.3 is 0 Å². The Morgan fingerprint density at radius 2 is 1.96 bits per heavy atom. The maximum Gasteiger partial charge on any atom is 0.213 e. The van der Waals surface area contributed by atoms with Gasteiger partial charge in [0.05, 0.1) is 11.3 Å². The lowest BCUT2D eigenvalue weighted by atomic mass is 9.80. The smallest absolute Gasteiger partial charge is 0.213 e. The van der Waals surface area contributed by atoms with Gasteiger partial charge in [-0.1, -0.05) is 32.0 Å². The third-order valence-corrected chi connectivity index (χ3v) is 5.05. The molecule has 1 aliphatic rings. The van der Waals surface area contributed by atoms with Crippen LogP contribution in [-0.4, -0.2) is 4.98 Å². The third kappa shape index (κ3) is 1.96. The number of pyridine rings is 2. The molecule has 120 valence electrons. The number of aromatic nitrogens is 2. The predicted molar refractivity (Wildman–Crippen MR) is 97.9 cm³/mol. The molecule has 1 aromatic carbocycles. The van der Waals surface area contributed by atoms with Gasteiger partial charge in [-0.25, -0.2) is 4.57 Å². The highest BCUT2D eigenvalue weighted by Gasteiger charge is 2.40. The molecule has 0 aliphatic heterocycles. The van der Waals surface area contributed by atoms with E-state index in [0.717, 1.165) is 39.1 Å². The molecule has 2 aromatic heterocycles. The lowest BCUT2D eigenvalue weighted by Gasteiger charge is -2.23. The van der Waals surface area contributed by atoms with E-state index in [-0.39, 0.29) is 0 Å². The van der Waals surface area contributed by atoms with Crippen LogP contribution in [0.2, 0.25) is 0 Å². The lowest BCUT2D eigenvalue weighted by Crippen LogP contribution is -2.32. The maximum atomic E-state index is 8.40. The van der Waals surface area contributed by atoms with Crippen molar-refractivity contribution in [1.29, 1.82) is 0 Å². The molecule has 0 saturated heterocycles. The number of aryl methyl sites for hydroxylation is 3. The van der Waals surface area contributed by atoms with Crippen molar-refractivity contribution in [3.63, 3.8) is 0 Å². The number of rotatable bonds is 1. The molecular formula is C22H23N2+. The minimum absolute atomic E-state index is 0.641. The van der Waals surface area contributed by atoms with Gasteiger partial charge in [-0.2, -0.15) is 0 Å². The van der Waals surface area contributed by atoms with Crippen molar-refractivity contribution in [1.82, 2.24) is 4.98 Å². The highest BCUT2D eigenvalue weighted by atomic mass is 14.9. The summed E-state index contributed by atoms with van der Waals surface area (Å²) in [6, 6.07) is 12.2. The van der Waals surface area contributed by atoms with Gasteiger partial charge < -0.3 is 0 Å². The molecule has 24 heavy (non-hydrogen) atoms. The first-order chi connectivity index (χ1) is 12.7. The van der Waals surface area contributed by atoms with Crippen LogP contribution in [0.3, 0.4) is 0 Å². The zero-order valence-electron chi connectivity index (χ0n) is 17.5. The van der Waals surface area contributed by atoms with E-state index in [4.69, 9.17) is 4.11 Å². The van der Waals surface area contributed by atoms with Crippen molar-refractivity contribution < 1.29 is 8.68 Å². The zero-order valence-corrected chi connectivity index (χ0v) is 14.5. The highest BCUT2D eigenvalue weighted by molar-refractivity contribution is 5.87. The minimum Gasteiger partial charge on any atom is -0.260 e. The normalized spacial score (nSPS) is 20.8. The predicted octanol–water partition coefficient (Wildman–Crippen LogP) is 4.50. The monoisotopic (exact) mass is 318 g/mol. The van der Waals surface area contributed by atoms with Crippen LogP contribution in [0.25, 0.3) is 22.4 Å². The molecule has 1 aliphatic carbocycles. The van der Waals surface area contributed by atoms with Crippen LogP contribution in [0.5, 0.6) is 0 Å². The molecule has 0 radical (unpaired) electrons. The Hall–Kier alpha value is -2.48. The van der Waals surface area contributed by atoms with E-state index in [9.17, 15) is 0 Å². The Labute approximate surface area is 148 Å². The van der Waals surface area contributed by atoms with Gasteiger partial charge in [0.25, 0.3) is 0 Å². The molecule has 0 fully saturated rings. The molecule has 2 nitrogen and oxygen atoms in total. The molecule has 0 N–H and O–H groups in total. The van der Waals surface area contributed by atoms with Crippen LogP contribution in [-0.2, 0) is 12.5 Å². The Bertz CT molecular complexity index is 1070. The van der Waals surface area contributed by atoms with Crippen LogP contribution in [0.15, 0.2) is 48.8 Å². The van der Waals surface area contributed by atoms with E-state index in [1.165, 1.54) is 0 Å². The molecule has 3 aromatic rings. The lowest BCUT2D eigenvalue weighted by molar-refractivity contribution is -0.660. The summed E-state index contributed by atoms with van der Waals surface area (Å²) in [6.07, 6.45) is 3.71. The fraction of sp³-hybridized carbons (Fsp3) is 0.273. The Balaban J connectivity index is 2.18. The van der Waals surface area contributed by atoms with Gasteiger partial charge in [-0.15, -0.1) is 0 Å². The highest BCUT2D eigenvalue weighted by Crippen LogP contribution is 2.51. The standard InChI is InChI=1S/C22H23N2/c1-14-10-12-24(5)18(13-14)19-15(2)8-9-16-17-7-6-11-23-21(17)22(3,4)20(16)19/h6-13H,1-5H3/q+1/i3D3. The minimum atomic E-state index is -2.22. The third-order valence-electron chi connectivity index (χ3n) is 5.05. The maximum absolute atomic E-state index is 8.40. The molecule has 0 saturated carbocycles. The van der Waals surface area contributed by atoms with Crippen molar-refractivity contribution >= 4 is 0 Å². The van der Waals surface area contributed by atoms with E-state index < -0.39 is 12.3 Å². The summed E-state index contributed by atoms with van der Waals surface area (Å²) in [7, 11) is 2.00. The van der Waals surface area contributed by atoms with Gasteiger partial charge in [0.15, 0.2) is 6.20 Å². The van der Waals surface area contributed by atoms with Gasteiger partial charge in [0.1, 0.15) is 7.05 Å². The van der Waals surface area contributed by atoms with Crippen LogP contribution in [0.4, 0.5) is 0 Å². The SMILES string of the molecule is [2H]C([2H])([2H])C1(C)c2ncccc2-c2ccc(C)c(-c3cc(C)cc[n+]3C)c21. The molecule has 0 spiro atoms. The molecule has 1 atom stereocenters. The van der Waals surface area contributed by atoms with Crippen LogP contribution in [0.1, 0.15) is 40.3 Å². The summed E-state index contributed by atoms with van der Waals surface area (Å²) in [6.45, 7) is 3.71. The summed E-state index contributed by atoms with van der Waals surface area (Å²) in [4.78, 5) is 4.53. The topological polar surface area (TPSA) is 16.8 Å². The number of nitrogens with zero attached hydrogens (tertiary/aromatic N) is 2. The van der Waals surface area contributed by atoms with Crippen LogP contribution >= 0.6 is 0 Å². The summed E-state index contributed by atoms with van der Waals surface area (Å²) in [5.41, 5.74) is 6.46. The van der Waals surface area contributed by atoms with Gasteiger partial charge in [0, 0.05) is 33.4 Å². The summed E-state index contributed by atoms with van der Waals surface area (Å²) < 4.78 is 27.3. The largest absolute Gasteiger partial charge is 0.260 e. The zero-order chi connectivity index (χ0) is 19.6. The summed E-state index contributed by atoms with van der Waals surface area (Å²) in [5, 5.41) is 0. The van der Waals surface area contributed by atoms with Crippen molar-refractivity contribution in [3.05, 3.63) is 71.2 Å². The molecule has 1 unspecified atom stereocenters. The van der Waals surface area contributed by atoms with E-state index >= 15 is 0 Å². The second kappa shape index (κ2) is 5.01. The summed E-state index contributed by atoms with van der Waals surface area (Å²) in [5.74, 6) is 0. The van der Waals surface area contributed by atoms with E-state index in [1.807, 2.05) is 45.3 Å². The van der Waals surface area contributed by atoms with E-state index in [2.05, 4.69) is 34.7 Å². The molecule has 2 heterocycles. The first-order valence-electron chi connectivity index (χ1n) is 9.73. The second-order valence-electron chi connectivity index (χ2n) is 6.90. The van der Waals surface area contributed by atoms with E-state index in [1.54, 1.807) is 6.20 Å².